The summed E-state index contributed by atoms with van der Waals surface area (Å²) in [7, 11) is 0. The number of fused-ring (bicyclic) bond motifs is 1. The van der Waals surface area contributed by atoms with Crippen molar-refractivity contribution in [2.24, 2.45) is 0 Å². The maximum absolute atomic E-state index is 12.6. The summed E-state index contributed by atoms with van der Waals surface area (Å²) in [6, 6.07) is -0.802. The van der Waals surface area contributed by atoms with Crippen LogP contribution in [-0.2, 0) is 27.5 Å². The van der Waals surface area contributed by atoms with Gasteiger partial charge in [0.1, 0.15) is 35.0 Å². The molecule has 2 aromatic heterocycles. The largest absolute Gasteiger partial charge is 0.477 e. The Labute approximate surface area is 176 Å². The van der Waals surface area contributed by atoms with Crippen LogP contribution < -0.4 is 5.32 Å². The fourth-order valence-corrected chi connectivity index (χ4v) is 5.52. The molecule has 1 fully saturated rings. The van der Waals surface area contributed by atoms with Crippen LogP contribution in [0.4, 0.5) is 0 Å². The van der Waals surface area contributed by atoms with Crippen molar-refractivity contribution in [2.75, 3.05) is 5.75 Å². The molecule has 152 valence electrons. The Bertz CT molecular complexity index is 1080. The normalized spacial score (nSPS) is 21.0. The predicted molar refractivity (Wildman–Crippen MR) is 103 cm³/mol. The van der Waals surface area contributed by atoms with Crippen LogP contribution in [0.3, 0.4) is 0 Å². The Morgan fingerprint density at radius 1 is 1.45 bits per heavy atom. The van der Waals surface area contributed by atoms with Gasteiger partial charge in [-0.3, -0.25) is 14.5 Å². The van der Waals surface area contributed by atoms with Gasteiger partial charge in [-0.25, -0.2) is 14.2 Å². The third kappa shape index (κ3) is 3.67. The Morgan fingerprint density at radius 3 is 2.86 bits per heavy atom. The molecule has 0 aromatic carbocycles. The van der Waals surface area contributed by atoms with Gasteiger partial charge in [0.2, 0.25) is 5.91 Å². The van der Waals surface area contributed by atoms with Crippen molar-refractivity contribution in [2.45, 2.75) is 31.4 Å². The minimum atomic E-state index is -1.20. The number of carboxylic acid groups (broad SMARTS) is 1. The molecule has 2 aliphatic rings. The topological polar surface area (TPSA) is 148 Å². The van der Waals surface area contributed by atoms with Gasteiger partial charge < -0.3 is 10.4 Å². The van der Waals surface area contributed by atoms with Crippen molar-refractivity contribution >= 4 is 53.1 Å². The number of aromatic nitrogens is 6. The Kier molecular flexibility index (Phi) is 5.18. The number of hydrogen-bond acceptors (Lipinski definition) is 10. The molecule has 2 aliphatic heterocycles. The van der Waals surface area contributed by atoms with Crippen LogP contribution in [0.15, 0.2) is 17.6 Å². The summed E-state index contributed by atoms with van der Waals surface area (Å²) in [5.41, 5.74) is 0.476. The number of hydrogen-bond donors (Lipinski definition) is 2. The molecule has 0 radical (unpaired) electrons. The fraction of sp³-hybridized carbons (Fsp3) is 0.429. The molecule has 2 N–H and O–H groups in total. The first-order valence-electron chi connectivity index (χ1n) is 8.30. The predicted octanol–water partition coefficient (Wildman–Crippen LogP) is -0.592. The zero-order valence-electron chi connectivity index (χ0n) is 14.9. The van der Waals surface area contributed by atoms with Gasteiger partial charge in [0.25, 0.3) is 5.91 Å². The van der Waals surface area contributed by atoms with E-state index in [1.165, 1.54) is 39.0 Å². The third-order valence-corrected chi connectivity index (χ3v) is 6.87. The smallest absolute Gasteiger partial charge is 0.352 e. The quantitative estimate of drug-likeness (QED) is 0.428. The highest BCUT2D eigenvalue weighted by molar-refractivity contribution is 8.00. The van der Waals surface area contributed by atoms with Crippen LogP contribution in [0.1, 0.15) is 5.01 Å². The van der Waals surface area contributed by atoms with Crippen LogP contribution in [0.25, 0.3) is 0 Å². The van der Waals surface area contributed by atoms with Gasteiger partial charge in [-0.2, -0.15) is 5.10 Å². The number of carbonyl (C=O) groups is 3. The number of nitrogens with zero attached hydrogens (tertiary/aromatic N) is 7. The number of carbonyl (C=O) groups excluding carboxylic acids is 2. The van der Waals surface area contributed by atoms with E-state index in [2.05, 4.69) is 25.9 Å². The first-order chi connectivity index (χ1) is 13.8. The van der Waals surface area contributed by atoms with Crippen LogP contribution in [-0.4, -0.2) is 74.9 Å². The molecule has 0 bridgehead atoms. The van der Waals surface area contributed by atoms with Gasteiger partial charge >= 0.3 is 5.97 Å². The van der Waals surface area contributed by atoms with E-state index in [1.54, 1.807) is 4.68 Å². The van der Waals surface area contributed by atoms with E-state index in [0.29, 0.717) is 15.3 Å². The second kappa shape index (κ2) is 7.64. The molecule has 2 atom stereocenters. The third-order valence-electron chi connectivity index (χ3n) is 4.31. The molecule has 12 nitrogen and oxygen atoms in total. The van der Waals surface area contributed by atoms with Crippen molar-refractivity contribution in [3.05, 3.63) is 26.6 Å². The molecule has 2 amide bonds. The van der Waals surface area contributed by atoms with Crippen LogP contribution in [0.5, 0.6) is 0 Å². The summed E-state index contributed by atoms with van der Waals surface area (Å²) in [6.45, 7) is 1.88. The number of rotatable bonds is 6. The average Bonchev–Trinajstić information content (AvgIpc) is 3.28. The van der Waals surface area contributed by atoms with E-state index >= 15 is 0 Å². The molecule has 0 unspecified atom stereocenters. The molecule has 4 rings (SSSR count). The molecule has 1 saturated heterocycles. The number of nitrogens with one attached hydrogen (secondary N) is 1. The SMILES string of the molecule is Cc1nn(CC2=C(C(=O)O)N3C(=O)[C@@H](NC(=O)Cn4cnnn4)[C@H]3SC2)c(=S)s1. The molecule has 15 heteroatoms. The molecule has 0 aliphatic carbocycles. The summed E-state index contributed by atoms with van der Waals surface area (Å²) >= 11 is 7.97. The van der Waals surface area contributed by atoms with Crippen molar-refractivity contribution in [1.29, 1.82) is 0 Å². The van der Waals surface area contributed by atoms with Crippen molar-refractivity contribution < 1.29 is 19.5 Å². The first kappa shape index (κ1) is 19.7. The standard InChI is InChI=1S/C14H14N8O4S3/c1-6-17-21(14(27)29-6)2-7-4-28-12-9(11(24)22(12)10(7)13(25)26)16-8(23)3-20-5-15-18-19-20/h5,9,12H,2-4H2,1H3,(H,16,23)(H,25,26)/t9-,12-/m1/s1. The van der Waals surface area contributed by atoms with Crippen molar-refractivity contribution in [3.8, 4) is 0 Å². The van der Waals surface area contributed by atoms with Gasteiger partial charge in [-0.05, 0) is 35.1 Å². The maximum atomic E-state index is 12.6. The van der Waals surface area contributed by atoms with Gasteiger partial charge in [-0.1, -0.05) is 11.3 Å². The molecule has 0 saturated carbocycles. The lowest BCUT2D eigenvalue weighted by Gasteiger charge is -2.49. The lowest BCUT2D eigenvalue weighted by Crippen LogP contribution is -2.70. The van der Waals surface area contributed by atoms with E-state index in [4.69, 9.17) is 12.2 Å². The second-order valence-electron chi connectivity index (χ2n) is 6.26. The van der Waals surface area contributed by atoms with Gasteiger partial charge in [0.15, 0.2) is 3.95 Å². The first-order valence-corrected chi connectivity index (χ1v) is 10.6. The van der Waals surface area contributed by atoms with Crippen LogP contribution in [0.2, 0.25) is 0 Å². The number of aliphatic carboxylic acids is 1. The van der Waals surface area contributed by atoms with Gasteiger partial charge in [0, 0.05) is 5.75 Å². The maximum Gasteiger partial charge on any atom is 0.352 e. The van der Waals surface area contributed by atoms with Crippen molar-refractivity contribution in [3.63, 3.8) is 0 Å². The monoisotopic (exact) mass is 454 g/mol. The number of amides is 2. The van der Waals surface area contributed by atoms with Gasteiger partial charge in [0.05, 0.1) is 6.54 Å². The number of aryl methyl sites for hydroxylation is 1. The molecular weight excluding hydrogens is 440 g/mol. The molecular formula is C14H14N8O4S3. The number of β-lactam (4-membered cyclic amide) rings is 1. The summed E-state index contributed by atoms with van der Waals surface area (Å²) in [5.74, 6) is -1.73. The van der Waals surface area contributed by atoms with Crippen molar-refractivity contribution in [1.82, 2.24) is 40.2 Å². The van der Waals surface area contributed by atoms with E-state index in [0.717, 1.165) is 5.01 Å². The number of tetrazole rings is 1. The lowest BCUT2D eigenvalue weighted by molar-refractivity contribution is -0.150. The summed E-state index contributed by atoms with van der Waals surface area (Å²) in [5, 5.41) is 27.4. The Balaban J connectivity index is 1.51. The minimum Gasteiger partial charge on any atom is -0.477 e. The van der Waals surface area contributed by atoms with E-state index in [1.807, 2.05) is 6.92 Å². The highest BCUT2D eigenvalue weighted by Gasteiger charge is 2.54. The lowest BCUT2D eigenvalue weighted by atomic mass is 10.0. The zero-order chi connectivity index (χ0) is 20.7. The summed E-state index contributed by atoms with van der Waals surface area (Å²) in [6.07, 6.45) is 1.28. The Hall–Kier alpha value is -2.65. The van der Waals surface area contributed by atoms with Crippen LogP contribution in [0, 0.1) is 10.9 Å². The number of thioether (sulfide) groups is 1. The zero-order valence-corrected chi connectivity index (χ0v) is 17.3. The van der Waals surface area contributed by atoms with Gasteiger partial charge in [-0.15, -0.1) is 16.9 Å². The van der Waals surface area contributed by atoms with E-state index in [-0.39, 0.29) is 18.8 Å². The minimum absolute atomic E-state index is 0.0720. The highest BCUT2D eigenvalue weighted by Crippen LogP contribution is 2.40. The molecule has 0 spiro atoms. The fourth-order valence-electron chi connectivity index (χ4n) is 3.11. The van der Waals surface area contributed by atoms with Crippen LogP contribution >= 0.6 is 35.3 Å². The van der Waals surface area contributed by atoms with E-state index in [9.17, 15) is 19.5 Å². The average molecular weight is 455 g/mol. The molecule has 2 aromatic rings. The summed E-state index contributed by atoms with van der Waals surface area (Å²) < 4.78 is 3.32. The second-order valence-corrected chi connectivity index (χ2v) is 9.20. The summed E-state index contributed by atoms with van der Waals surface area (Å²) in [4.78, 5) is 37.9. The molecule has 29 heavy (non-hydrogen) atoms. The Morgan fingerprint density at radius 2 is 2.24 bits per heavy atom. The molecule has 4 heterocycles. The highest BCUT2D eigenvalue weighted by atomic mass is 32.2. The van der Waals surface area contributed by atoms with E-state index < -0.39 is 29.2 Å². The number of carboxylic acids is 1.